The van der Waals surface area contributed by atoms with Crippen LogP contribution in [0.3, 0.4) is 0 Å². The molecule has 0 aromatic carbocycles. The van der Waals surface area contributed by atoms with Gasteiger partial charge < -0.3 is 4.84 Å². The van der Waals surface area contributed by atoms with Gasteiger partial charge in [0.05, 0.1) is 0 Å². The molecule has 2 heteroatoms. The lowest BCUT2D eigenvalue weighted by Crippen LogP contribution is -1.85. The summed E-state index contributed by atoms with van der Waals surface area (Å²) in [6.45, 7) is 6.38. The van der Waals surface area contributed by atoms with Crippen molar-refractivity contribution in [3.05, 3.63) is 12.7 Å². The Morgan fingerprint density at radius 1 is 1.45 bits per heavy atom. The van der Waals surface area contributed by atoms with E-state index < -0.39 is 0 Å². The predicted molar refractivity (Wildman–Crippen MR) is 48.8 cm³/mol. The molecule has 2 nitrogen and oxygen atoms in total. The summed E-state index contributed by atoms with van der Waals surface area (Å²) in [6, 6.07) is 0. The third kappa shape index (κ3) is 9.21. The predicted octanol–water partition coefficient (Wildman–Crippen LogP) is 2.76. The van der Waals surface area contributed by atoms with E-state index in [-0.39, 0.29) is 0 Å². The van der Waals surface area contributed by atoms with Gasteiger partial charge in [0.25, 0.3) is 0 Å². The normalized spacial score (nSPS) is 10.3. The average molecular weight is 155 g/mol. The molecular formula is C9H17NO. The Bertz CT molecular complexity index is 110. The topological polar surface area (TPSA) is 21.6 Å². The van der Waals surface area contributed by atoms with Gasteiger partial charge in [-0.3, -0.25) is 0 Å². The van der Waals surface area contributed by atoms with Crippen LogP contribution in [0.15, 0.2) is 17.8 Å². The minimum atomic E-state index is 0.645. The molecule has 0 aromatic heterocycles. The van der Waals surface area contributed by atoms with Crippen LogP contribution in [0.25, 0.3) is 0 Å². The van der Waals surface area contributed by atoms with Gasteiger partial charge in [0.2, 0.25) is 0 Å². The summed E-state index contributed by atoms with van der Waals surface area (Å²) in [7, 11) is 0. The van der Waals surface area contributed by atoms with Crippen LogP contribution in [-0.4, -0.2) is 12.8 Å². The fraction of sp³-hybridized carbons (Fsp3) is 0.667. The van der Waals surface area contributed by atoms with Crippen molar-refractivity contribution >= 4 is 6.21 Å². The highest BCUT2D eigenvalue weighted by molar-refractivity contribution is 5.55. The zero-order valence-electron chi connectivity index (χ0n) is 7.25. The van der Waals surface area contributed by atoms with Crippen LogP contribution in [0.2, 0.25) is 0 Å². The molecule has 0 atom stereocenters. The number of hydrogen-bond acceptors (Lipinski definition) is 2. The standard InChI is InChI=1S/C9H17NO/c1-3-5-7-8-10-11-9-6-4-2/h4,8H,2-3,5-7,9H2,1H3. The molecule has 0 saturated carbocycles. The van der Waals surface area contributed by atoms with Crippen molar-refractivity contribution in [1.82, 2.24) is 0 Å². The highest BCUT2D eigenvalue weighted by Gasteiger charge is 1.80. The fourth-order valence-corrected chi connectivity index (χ4v) is 0.590. The summed E-state index contributed by atoms with van der Waals surface area (Å²) in [5, 5.41) is 3.77. The summed E-state index contributed by atoms with van der Waals surface area (Å²) in [5.74, 6) is 0. The van der Waals surface area contributed by atoms with Crippen LogP contribution in [0, 0.1) is 0 Å². The first-order valence-electron chi connectivity index (χ1n) is 4.16. The Morgan fingerprint density at radius 2 is 2.27 bits per heavy atom. The number of unbranched alkanes of at least 4 members (excludes halogenated alkanes) is 2. The Morgan fingerprint density at radius 3 is 2.91 bits per heavy atom. The molecule has 0 bridgehead atoms. The highest BCUT2D eigenvalue weighted by atomic mass is 16.6. The van der Waals surface area contributed by atoms with E-state index in [2.05, 4.69) is 18.7 Å². The quantitative estimate of drug-likeness (QED) is 0.240. The lowest BCUT2D eigenvalue weighted by atomic mass is 10.3. The summed E-state index contributed by atoms with van der Waals surface area (Å²) in [6.07, 6.45) is 7.93. The molecule has 0 unspecified atom stereocenters. The van der Waals surface area contributed by atoms with Crippen molar-refractivity contribution in [2.24, 2.45) is 5.16 Å². The lowest BCUT2D eigenvalue weighted by Gasteiger charge is -1.93. The van der Waals surface area contributed by atoms with Gasteiger partial charge in [-0.1, -0.05) is 24.6 Å². The van der Waals surface area contributed by atoms with E-state index in [4.69, 9.17) is 4.84 Å². The molecule has 0 heterocycles. The molecule has 64 valence electrons. The van der Waals surface area contributed by atoms with E-state index in [9.17, 15) is 0 Å². The Kier molecular flexibility index (Phi) is 8.55. The molecule has 0 amide bonds. The molecule has 0 radical (unpaired) electrons. The maximum absolute atomic E-state index is 4.92. The van der Waals surface area contributed by atoms with Gasteiger partial charge >= 0.3 is 0 Å². The average Bonchev–Trinajstić information content (AvgIpc) is 2.03. The second-order valence-electron chi connectivity index (χ2n) is 2.34. The zero-order valence-corrected chi connectivity index (χ0v) is 7.25. The Hall–Kier alpha value is -0.790. The molecule has 0 saturated heterocycles. The van der Waals surface area contributed by atoms with Crippen LogP contribution in [0.4, 0.5) is 0 Å². The van der Waals surface area contributed by atoms with Crippen LogP contribution >= 0.6 is 0 Å². The van der Waals surface area contributed by atoms with Crippen molar-refractivity contribution in [2.45, 2.75) is 32.6 Å². The number of rotatable bonds is 7. The van der Waals surface area contributed by atoms with Gasteiger partial charge in [-0.15, -0.1) is 6.58 Å². The maximum Gasteiger partial charge on any atom is 0.120 e. The minimum absolute atomic E-state index is 0.645. The molecule has 0 rings (SSSR count). The molecule has 0 spiro atoms. The number of nitrogens with zero attached hydrogens (tertiary/aromatic N) is 1. The van der Waals surface area contributed by atoms with E-state index in [0.717, 1.165) is 12.8 Å². The maximum atomic E-state index is 4.92. The summed E-state index contributed by atoms with van der Waals surface area (Å²) in [4.78, 5) is 4.92. The molecule has 11 heavy (non-hydrogen) atoms. The van der Waals surface area contributed by atoms with E-state index in [1.807, 2.05) is 12.3 Å². The lowest BCUT2D eigenvalue weighted by molar-refractivity contribution is 0.150. The first-order chi connectivity index (χ1) is 5.41. The van der Waals surface area contributed by atoms with Gasteiger partial charge in [-0.2, -0.15) is 0 Å². The van der Waals surface area contributed by atoms with Gasteiger partial charge in [0, 0.05) is 12.6 Å². The van der Waals surface area contributed by atoms with Crippen LogP contribution < -0.4 is 0 Å². The van der Waals surface area contributed by atoms with Crippen molar-refractivity contribution in [1.29, 1.82) is 0 Å². The van der Waals surface area contributed by atoms with Crippen LogP contribution in [-0.2, 0) is 4.84 Å². The van der Waals surface area contributed by atoms with Crippen LogP contribution in [0.1, 0.15) is 32.6 Å². The highest BCUT2D eigenvalue weighted by Crippen LogP contribution is 1.90. The van der Waals surface area contributed by atoms with Crippen LogP contribution in [0.5, 0.6) is 0 Å². The monoisotopic (exact) mass is 155 g/mol. The van der Waals surface area contributed by atoms with Gasteiger partial charge in [0.1, 0.15) is 6.61 Å². The molecule has 0 aromatic rings. The van der Waals surface area contributed by atoms with Crippen molar-refractivity contribution in [3.8, 4) is 0 Å². The van der Waals surface area contributed by atoms with E-state index >= 15 is 0 Å². The first kappa shape index (κ1) is 10.2. The Labute approximate surface area is 68.9 Å². The van der Waals surface area contributed by atoms with E-state index in [0.29, 0.717) is 6.61 Å². The summed E-state index contributed by atoms with van der Waals surface area (Å²) in [5.41, 5.74) is 0. The van der Waals surface area contributed by atoms with E-state index in [1.165, 1.54) is 12.8 Å². The zero-order chi connectivity index (χ0) is 8.36. The Balaban J connectivity index is 2.97. The number of oxime groups is 1. The van der Waals surface area contributed by atoms with Gasteiger partial charge in [-0.05, 0) is 12.8 Å². The van der Waals surface area contributed by atoms with Crippen molar-refractivity contribution in [2.75, 3.05) is 6.61 Å². The summed E-state index contributed by atoms with van der Waals surface area (Å²) < 4.78 is 0. The van der Waals surface area contributed by atoms with Gasteiger partial charge in [0.15, 0.2) is 0 Å². The largest absolute Gasteiger partial charge is 0.396 e. The summed E-state index contributed by atoms with van der Waals surface area (Å²) >= 11 is 0. The molecule has 0 fully saturated rings. The molecular weight excluding hydrogens is 138 g/mol. The smallest absolute Gasteiger partial charge is 0.120 e. The second-order valence-corrected chi connectivity index (χ2v) is 2.34. The van der Waals surface area contributed by atoms with Crippen molar-refractivity contribution in [3.63, 3.8) is 0 Å². The minimum Gasteiger partial charge on any atom is -0.396 e. The third-order valence-corrected chi connectivity index (χ3v) is 1.25. The van der Waals surface area contributed by atoms with E-state index in [1.54, 1.807) is 0 Å². The first-order valence-corrected chi connectivity index (χ1v) is 4.16. The van der Waals surface area contributed by atoms with Gasteiger partial charge in [-0.25, -0.2) is 0 Å². The molecule has 0 aliphatic rings. The SMILES string of the molecule is C=CCCON=CCCCC. The molecule has 0 aliphatic carbocycles. The molecule has 0 N–H and O–H groups in total. The van der Waals surface area contributed by atoms with Crippen molar-refractivity contribution < 1.29 is 4.84 Å². The fourth-order valence-electron chi connectivity index (χ4n) is 0.590. The molecule has 0 aliphatic heterocycles. The number of hydrogen-bond donors (Lipinski definition) is 0. The third-order valence-electron chi connectivity index (χ3n) is 1.25. The second kappa shape index (κ2) is 9.21.